The van der Waals surface area contributed by atoms with Crippen molar-refractivity contribution < 1.29 is 20.8 Å². The second kappa shape index (κ2) is 12.9. The van der Waals surface area contributed by atoms with Gasteiger partial charge in [-0.3, -0.25) is 0 Å². The number of benzene rings is 3. The van der Waals surface area contributed by atoms with Crippen LogP contribution < -0.4 is 4.90 Å². The normalized spacial score (nSPS) is 23.7. The van der Waals surface area contributed by atoms with E-state index in [1.54, 1.807) is 0 Å². The van der Waals surface area contributed by atoms with Gasteiger partial charge in [0.2, 0.25) is 0 Å². The molecule has 0 amide bonds. The number of hydrogen-bond acceptors (Lipinski definition) is 1. The Bertz CT molecular complexity index is 1050. The van der Waals surface area contributed by atoms with E-state index in [4.69, 9.17) is 22.3 Å². The van der Waals surface area contributed by atoms with E-state index in [-0.39, 0.29) is 13.5 Å². The first-order valence-electron chi connectivity index (χ1n) is 11.9. The van der Waals surface area contributed by atoms with E-state index in [1.807, 2.05) is 0 Å². The van der Waals surface area contributed by atoms with Gasteiger partial charge < -0.3 is 17.6 Å². The zero-order valence-corrected chi connectivity index (χ0v) is 24.7. The van der Waals surface area contributed by atoms with Crippen LogP contribution in [0, 0.1) is 33.3 Å². The van der Waals surface area contributed by atoms with Gasteiger partial charge >= 0.3 is 37.9 Å². The van der Waals surface area contributed by atoms with Crippen molar-refractivity contribution in [2.24, 2.45) is 5.92 Å². The van der Waals surface area contributed by atoms with Gasteiger partial charge in [-0.15, -0.1) is 58.8 Å². The number of piperidine rings is 1. The van der Waals surface area contributed by atoms with E-state index in [1.165, 1.54) is 58.8 Å². The molecule has 182 valence electrons. The van der Waals surface area contributed by atoms with Crippen LogP contribution in [0.3, 0.4) is 0 Å². The van der Waals surface area contributed by atoms with Crippen molar-refractivity contribution in [2.75, 3.05) is 11.9 Å². The van der Waals surface area contributed by atoms with Crippen LogP contribution in [-0.4, -0.2) is 19.1 Å². The van der Waals surface area contributed by atoms with Gasteiger partial charge in [-0.2, -0.15) is 0 Å². The fourth-order valence-electron chi connectivity index (χ4n) is 5.95. The molecular formula is C29H35Cl2N2Zr-3. The Labute approximate surface area is 225 Å². The number of fused-ring (bicyclic) bond motifs is 2. The third-order valence-corrected chi connectivity index (χ3v) is 7.45. The van der Waals surface area contributed by atoms with Crippen LogP contribution in [0.25, 0.3) is 16.1 Å². The van der Waals surface area contributed by atoms with Gasteiger partial charge in [-0.1, -0.05) is 61.9 Å². The van der Waals surface area contributed by atoms with E-state index in [0.29, 0.717) is 12.1 Å². The van der Waals surface area contributed by atoms with Gasteiger partial charge in [0.25, 0.3) is 0 Å². The quantitative estimate of drug-likeness (QED) is 0.286. The summed E-state index contributed by atoms with van der Waals surface area (Å²) in [5.74, 6) is 0.729. The first-order valence-corrected chi connectivity index (χ1v) is 18.2. The van der Waals surface area contributed by atoms with E-state index in [0.717, 1.165) is 12.3 Å². The molecule has 4 unspecified atom stereocenters. The standard InChI is InChI=1S/C28H32N2.CH3.2ClH.Zr/c1-19-8-6-9-20(2)28(19)30(3)26-13-7-12-22-16-17-25(29-27(22)26)24-15-14-21-10-4-5-11-23(21)18-24;;;;/h4-6,8-11,14-15,22,25-27H,7,12-13,16-17H2,1-3H3;1H3;2*1H;/q-2;-1;;;+2/p-2. The summed E-state index contributed by atoms with van der Waals surface area (Å²) < 4.78 is 0. The SMILES string of the molecule is Cc1cccc(C)c1N(C)C1CCCC2CCC(c3[c-]c4ccccc4cc3)[N-]C21.[CH3-].[Cl][Zr][Cl]. The molecule has 3 aromatic rings. The summed E-state index contributed by atoms with van der Waals surface area (Å²) in [6.45, 7) is 4.48. The zero-order chi connectivity index (χ0) is 23.4. The van der Waals surface area contributed by atoms with Crippen molar-refractivity contribution in [3.05, 3.63) is 90.1 Å². The third-order valence-electron chi connectivity index (χ3n) is 7.45. The minimum absolute atomic E-state index is 0. The number of rotatable bonds is 3. The Morgan fingerprint density at radius 3 is 2.35 bits per heavy atom. The summed E-state index contributed by atoms with van der Waals surface area (Å²) in [7, 11) is 12.2. The Morgan fingerprint density at radius 1 is 0.912 bits per heavy atom. The molecule has 5 heteroatoms. The van der Waals surface area contributed by atoms with Crippen LogP contribution in [0.4, 0.5) is 5.69 Å². The molecule has 5 rings (SSSR count). The van der Waals surface area contributed by atoms with Crippen LogP contribution in [0.2, 0.25) is 0 Å². The molecule has 1 saturated heterocycles. The molecule has 0 spiro atoms. The summed E-state index contributed by atoms with van der Waals surface area (Å²) >= 11 is -0.826. The molecule has 0 bridgehead atoms. The Kier molecular flexibility index (Phi) is 10.5. The molecule has 4 atom stereocenters. The van der Waals surface area contributed by atoms with E-state index >= 15 is 0 Å². The molecule has 3 aromatic carbocycles. The number of anilines is 1. The van der Waals surface area contributed by atoms with Crippen LogP contribution >= 0.6 is 17.0 Å². The van der Waals surface area contributed by atoms with Gasteiger partial charge in [-0.25, -0.2) is 0 Å². The first kappa shape index (κ1) is 27.7. The molecule has 1 heterocycles. The summed E-state index contributed by atoms with van der Waals surface area (Å²) in [5, 5.41) is 7.97. The van der Waals surface area contributed by atoms with Crippen LogP contribution in [0.15, 0.2) is 54.6 Å². The molecular weight excluding hydrogens is 538 g/mol. The van der Waals surface area contributed by atoms with Crippen molar-refractivity contribution in [2.45, 2.75) is 64.1 Å². The number of hydrogen-bond donors (Lipinski definition) is 0. The fourth-order valence-corrected chi connectivity index (χ4v) is 5.95. The summed E-state index contributed by atoms with van der Waals surface area (Å²) in [6.07, 6.45) is 6.35. The second-order valence-corrected chi connectivity index (χ2v) is 13.1. The average Bonchev–Trinajstić information content (AvgIpc) is 2.83. The molecule has 2 fully saturated rings. The van der Waals surface area contributed by atoms with Gasteiger partial charge in [0.15, 0.2) is 0 Å². The molecule has 1 saturated carbocycles. The monoisotopic (exact) mass is 571 g/mol. The van der Waals surface area contributed by atoms with Crippen molar-refractivity contribution >= 4 is 33.5 Å². The number of likely N-dealkylation sites (N-methyl/N-ethyl adjacent to an activating group) is 1. The molecule has 0 radical (unpaired) electrons. The van der Waals surface area contributed by atoms with Crippen LogP contribution in [0.1, 0.15) is 54.8 Å². The molecule has 2 nitrogen and oxygen atoms in total. The van der Waals surface area contributed by atoms with Gasteiger partial charge in [0, 0.05) is 18.8 Å². The summed E-state index contributed by atoms with van der Waals surface area (Å²) in [6, 6.07) is 24.6. The van der Waals surface area contributed by atoms with E-state index < -0.39 is 20.8 Å². The molecule has 0 N–H and O–H groups in total. The first-order chi connectivity index (χ1) is 16.0. The molecule has 1 aliphatic heterocycles. The van der Waals surface area contributed by atoms with Crippen molar-refractivity contribution in [1.29, 1.82) is 0 Å². The molecule has 1 aliphatic carbocycles. The van der Waals surface area contributed by atoms with Crippen molar-refractivity contribution in [3.8, 4) is 0 Å². The van der Waals surface area contributed by atoms with Crippen LogP contribution in [0.5, 0.6) is 0 Å². The van der Waals surface area contributed by atoms with E-state index in [9.17, 15) is 0 Å². The molecule has 34 heavy (non-hydrogen) atoms. The predicted molar refractivity (Wildman–Crippen MR) is 145 cm³/mol. The zero-order valence-electron chi connectivity index (χ0n) is 20.7. The Hall–Kier alpha value is -0.857. The average molecular weight is 574 g/mol. The Morgan fingerprint density at radius 2 is 1.62 bits per heavy atom. The van der Waals surface area contributed by atoms with Crippen molar-refractivity contribution in [3.63, 3.8) is 0 Å². The third kappa shape index (κ3) is 6.09. The minimum atomic E-state index is -0.826. The van der Waals surface area contributed by atoms with E-state index in [2.05, 4.69) is 86.5 Å². The number of nitrogens with zero attached hydrogens (tertiary/aromatic N) is 2. The number of aryl methyl sites for hydroxylation is 2. The number of para-hydroxylation sites is 1. The van der Waals surface area contributed by atoms with Gasteiger partial charge in [-0.05, 0) is 31.4 Å². The predicted octanol–water partition coefficient (Wildman–Crippen LogP) is 8.97. The topological polar surface area (TPSA) is 17.3 Å². The van der Waals surface area contributed by atoms with Gasteiger partial charge in [0.05, 0.1) is 0 Å². The fraction of sp³-hybridized carbons (Fsp3) is 0.414. The van der Waals surface area contributed by atoms with Crippen molar-refractivity contribution in [1.82, 2.24) is 0 Å². The maximum absolute atomic E-state index is 5.50. The number of halogens is 2. The summed E-state index contributed by atoms with van der Waals surface area (Å²) in [4.78, 5) is 2.55. The second-order valence-electron chi connectivity index (χ2n) is 9.41. The van der Waals surface area contributed by atoms with Crippen LogP contribution in [-0.2, 0) is 20.8 Å². The summed E-state index contributed by atoms with van der Waals surface area (Å²) in [5.41, 5.74) is 5.41. The maximum atomic E-state index is 5.50. The Balaban J connectivity index is 0.000000771. The molecule has 0 aromatic heterocycles. The molecule has 2 aliphatic rings. The van der Waals surface area contributed by atoms with Gasteiger partial charge in [0.1, 0.15) is 0 Å².